The molecule has 0 aliphatic rings. The van der Waals surface area contributed by atoms with Crippen molar-refractivity contribution in [3.05, 3.63) is 29.8 Å². The zero-order chi connectivity index (χ0) is 14.1. The van der Waals surface area contributed by atoms with E-state index in [0.717, 1.165) is 5.56 Å². The first-order valence-corrected chi connectivity index (χ1v) is 5.48. The maximum Gasteiger partial charge on any atom is 0.411 e. The Hall–Kier alpha value is -1.71. The minimum absolute atomic E-state index is 0.0394. The molecule has 0 saturated carbocycles. The smallest absolute Gasteiger partial charge is 0.411 e. The monoisotopic (exact) mass is 274 g/mol. The third kappa shape index (κ3) is 7.34. The quantitative estimate of drug-likeness (QED) is 0.659. The molecule has 0 heterocycles. The summed E-state index contributed by atoms with van der Waals surface area (Å²) in [6.07, 6.45) is -4.31. The van der Waals surface area contributed by atoms with E-state index in [-0.39, 0.29) is 19.8 Å². The van der Waals surface area contributed by atoms with E-state index in [4.69, 9.17) is 9.84 Å². The van der Waals surface area contributed by atoms with E-state index in [9.17, 15) is 13.2 Å². The van der Waals surface area contributed by atoms with Crippen LogP contribution < -0.4 is 4.74 Å². The molecule has 0 bridgehead atoms. The van der Waals surface area contributed by atoms with Gasteiger partial charge in [-0.3, -0.25) is 0 Å². The largest absolute Gasteiger partial charge is 0.491 e. The van der Waals surface area contributed by atoms with Crippen molar-refractivity contribution in [3.63, 3.8) is 0 Å². The van der Waals surface area contributed by atoms with E-state index >= 15 is 0 Å². The molecule has 0 unspecified atom stereocenters. The van der Waals surface area contributed by atoms with Gasteiger partial charge in [0.25, 0.3) is 0 Å². The van der Waals surface area contributed by atoms with Crippen LogP contribution in [-0.2, 0) is 4.74 Å². The zero-order valence-corrected chi connectivity index (χ0v) is 10.0. The molecule has 0 amide bonds. The van der Waals surface area contributed by atoms with Gasteiger partial charge in [0, 0.05) is 5.56 Å². The molecule has 1 N–H and O–H groups in total. The van der Waals surface area contributed by atoms with Crippen molar-refractivity contribution in [2.75, 3.05) is 26.4 Å². The van der Waals surface area contributed by atoms with E-state index in [1.165, 1.54) is 0 Å². The summed E-state index contributed by atoms with van der Waals surface area (Å²) in [5.41, 5.74) is 0.717. The first-order chi connectivity index (χ1) is 9.01. The van der Waals surface area contributed by atoms with Gasteiger partial charge < -0.3 is 14.6 Å². The van der Waals surface area contributed by atoms with Crippen LogP contribution in [0.1, 0.15) is 5.56 Å². The molecule has 0 fully saturated rings. The predicted molar refractivity (Wildman–Crippen MR) is 62.8 cm³/mol. The second kappa shape index (κ2) is 7.67. The third-order valence-corrected chi connectivity index (χ3v) is 1.93. The van der Waals surface area contributed by atoms with Crippen molar-refractivity contribution < 1.29 is 27.8 Å². The van der Waals surface area contributed by atoms with Gasteiger partial charge in [-0.05, 0) is 24.3 Å². The summed E-state index contributed by atoms with van der Waals surface area (Å²) >= 11 is 0. The van der Waals surface area contributed by atoms with Crippen LogP contribution in [0.25, 0.3) is 0 Å². The van der Waals surface area contributed by atoms with E-state index < -0.39 is 12.8 Å². The molecular formula is C13H13F3O3. The molecule has 0 atom stereocenters. The highest BCUT2D eigenvalue weighted by atomic mass is 19.4. The Kier molecular flexibility index (Phi) is 6.19. The van der Waals surface area contributed by atoms with Crippen molar-refractivity contribution in [3.8, 4) is 17.6 Å². The van der Waals surface area contributed by atoms with Gasteiger partial charge >= 0.3 is 6.18 Å². The highest BCUT2D eigenvalue weighted by molar-refractivity contribution is 5.38. The van der Waals surface area contributed by atoms with Gasteiger partial charge in [0.1, 0.15) is 25.6 Å². The van der Waals surface area contributed by atoms with Crippen LogP contribution in [0.4, 0.5) is 13.2 Å². The van der Waals surface area contributed by atoms with Crippen molar-refractivity contribution in [2.45, 2.75) is 6.18 Å². The average molecular weight is 274 g/mol. The Morgan fingerprint density at radius 2 is 1.79 bits per heavy atom. The van der Waals surface area contributed by atoms with Crippen LogP contribution in [-0.4, -0.2) is 37.7 Å². The van der Waals surface area contributed by atoms with E-state index in [1.807, 2.05) is 0 Å². The lowest BCUT2D eigenvalue weighted by Crippen LogP contribution is -2.19. The molecule has 0 aliphatic carbocycles. The standard InChI is InChI=1S/C13H13F3O3/c14-13(15,16)10-18-8-9-19-12-5-3-11(4-6-12)2-1-7-17/h3-6,17H,7-10H2. The number of ether oxygens (including phenoxy) is 2. The van der Waals surface area contributed by atoms with Gasteiger partial charge in [-0.2, -0.15) is 13.2 Å². The minimum Gasteiger partial charge on any atom is -0.491 e. The molecule has 1 rings (SSSR count). The van der Waals surface area contributed by atoms with Crippen molar-refractivity contribution in [2.24, 2.45) is 0 Å². The molecule has 6 heteroatoms. The zero-order valence-electron chi connectivity index (χ0n) is 10.0. The fourth-order valence-electron chi connectivity index (χ4n) is 1.18. The van der Waals surface area contributed by atoms with E-state index in [1.54, 1.807) is 24.3 Å². The van der Waals surface area contributed by atoms with Crippen LogP contribution in [0.5, 0.6) is 5.75 Å². The highest BCUT2D eigenvalue weighted by Crippen LogP contribution is 2.14. The van der Waals surface area contributed by atoms with Crippen molar-refractivity contribution >= 4 is 0 Å². The summed E-state index contributed by atoms with van der Waals surface area (Å²) in [5.74, 6) is 5.72. The fraction of sp³-hybridized carbons (Fsp3) is 0.385. The topological polar surface area (TPSA) is 38.7 Å². The lowest BCUT2D eigenvalue weighted by atomic mass is 10.2. The Labute approximate surface area is 109 Å². The molecule has 0 radical (unpaired) electrons. The molecule has 0 aliphatic heterocycles. The molecule has 0 aromatic heterocycles. The number of hydrogen-bond acceptors (Lipinski definition) is 3. The Morgan fingerprint density at radius 3 is 2.37 bits per heavy atom. The Morgan fingerprint density at radius 1 is 1.11 bits per heavy atom. The number of aliphatic hydroxyl groups is 1. The lowest BCUT2D eigenvalue weighted by Gasteiger charge is -2.09. The Balaban J connectivity index is 2.27. The SMILES string of the molecule is OCC#Cc1ccc(OCCOCC(F)(F)F)cc1. The van der Waals surface area contributed by atoms with Gasteiger partial charge in [-0.15, -0.1) is 0 Å². The fourth-order valence-corrected chi connectivity index (χ4v) is 1.18. The summed E-state index contributed by atoms with van der Waals surface area (Å²) in [7, 11) is 0. The van der Waals surface area contributed by atoms with Crippen LogP contribution >= 0.6 is 0 Å². The highest BCUT2D eigenvalue weighted by Gasteiger charge is 2.27. The predicted octanol–water partition coefficient (Wildman–Crippen LogP) is 1.99. The average Bonchev–Trinajstić information content (AvgIpc) is 2.36. The second-order valence-corrected chi connectivity index (χ2v) is 3.50. The van der Waals surface area contributed by atoms with Crippen molar-refractivity contribution in [1.29, 1.82) is 0 Å². The van der Waals surface area contributed by atoms with Gasteiger partial charge in [-0.1, -0.05) is 11.8 Å². The molecule has 0 spiro atoms. The van der Waals surface area contributed by atoms with E-state index in [0.29, 0.717) is 5.75 Å². The summed E-state index contributed by atoms with van der Waals surface area (Å²) < 4.78 is 44.9. The van der Waals surface area contributed by atoms with Crippen molar-refractivity contribution in [1.82, 2.24) is 0 Å². The number of benzene rings is 1. The number of alkyl halides is 3. The van der Waals surface area contributed by atoms with Crippen LogP contribution in [0.15, 0.2) is 24.3 Å². The summed E-state index contributed by atoms with van der Waals surface area (Å²) in [6, 6.07) is 6.67. The molecule has 3 nitrogen and oxygen atoms in total. The van der Waals surface area contributed by atoms with Crippen LogP contribution in [0.3, 0.4) is 0 Å². The third-order valence-electron chi connectivity index (χ3n) is 1.93. The molecule has 1 aromatic carbocycles. The first kappa shape index (κ1) is 15.3. The summed E-state index contributed by atoms with van der Waals surface area (Å²) in [5, 5.41) is 8.51. The number of halogens is 3. The molecule has 0 saturated heterocycles. The molecule has 19 heavy (non-hydrogen) atoms. The maximum absolute atomic E-state index is 11.8. The van der Waals surface area contributed by atoms with Crippen LogP contribution in [0.2, 0.25) is 0 Å². The van der Waals surface area contributed by atoms with E-state index in [2.05, 4.69) is 16.6 Å². The second-order valence-electron chi connectivity index (χ2n) is 3.50. The number of hydrogen-bond donors (Lipinski definition) is 1. The number of rotatable bonds is 5. The summed E-state index contributed by atoms with van der Waals surface area (Å²) in [6.45, 7) is -1.58. The molecule has 104 valence electrons. The number of aliphatic hydroxyl groups excluding tert-OH is 1. The first-order valence-electron chi connectivity index (χ1n) is 5.48. The van der Waals surface area contributed by atoms with Gasteiger partial charge in [0.2, 0.25) is 0 Å². The minimum atomic E-state index is -4.31. The maximum atomic E-state index is 11.8. The van der Waals surface area contributed by atoms with Crippen LogP contribution in [0, 0.1) is 11.8 Å². The molecule has 1 aromatic rings. The van der Waals surface area contributed by atoms with Gasteiger partial charge in [0.15, 0.2) is 0 Å². The van der Waals surface area contributed by atoms with Gasteiger partial charge in [-0.25, -0.2) is 0 Å². The van der Waals surface area contributed by atoms with Gasteiger partial charge in [0.05, 0.1) is 6.61 Å². The normalized spacial score (nSPS) is 10.7. The lowest BCUT2D eigenvalue weighted by molar-refractivity contribution is -0.175. The molecular weight excluding hydrogens is 261 g/mol. The Bertz CT molecular complexity index is 429. The summed E-state index contributed by atoms with van der Waals surface area (Å²) in [4.78, 5) is 0.